The molecule has 7 nitrogen and oxygen atoms in total. The highest BCUT2D eigenvalue weighted by Crippen LogP contribution is 2.34. The van der Waals surface area contributed by atoms with E-state index in [1.807, 2.05) is 30.1 Å². The lowest BCUT2D eigenvalue weighted by atomic mass is 9.92. The van der Waals surface area contributed by atoms with E-state index in [1.54, 1.807) is 25.1 Å². The largest absolute Gasteiger partial charge is 0.493 e. The van der Waals surface area contributed by atoms with Gasteiger partial charge in [-0.15, -0.1) is 12.4 Å². The molecule has 0 spiro atoms. The van der Waals surface area contributed by atoms with Crippen LogP contribution in [0.2, 0.25) is 5.02 Å². The second-order valence-corrected chi connectivity index (χ2v) is 9.38. The van der Waals surface area contributed by atoms with Gasteiger partial charge in [-0.2, -0.15) is 5.10 Å². The Hall–Kier alpha value is -2.74. The Balaban J connectivity index is 0.00000289. The predicted octanol–water partition coefficient (Wildman–Crippen LogP) is 4.02. The summed E-state index contributed by atoms with van der Waals surface area (Å²) in [6.45, 7) is 2.46. The van der Waals surface area contributed by atoms with Gasteiger partial charge in [0.2, 0.25) is 5.91 Å². The number of ether oxygens (including phenoxy) is 2. The van der Waals surface area contributed by atoms with E-state index in [2.05, 4.69) is 28.2 Å². The molecule has 9 heteroatoms. The van der Waals surface area contributed by atoms with Gasteiger partial charge in [-0.1, -0.05) is 35.9 Å². The third kappa shape index (κ3) is 4.99. The molecule has 0 bridgehead atoms. The van der Waals surface area contributed by atoms with E-state index in [4.69, 9.17) is 21.1 Å². The monoisotopic (exact) mass is 516 g/mol. The quantitative estimate of drug-likeness (QED) is 0.512. The van der Waals surface area contributed by atoms with Crippen molar-refractivity contribution in [2.75, 3.05) is 20.8 Å². The summed E-state index contributed by atoms with van der Waals surface area (Å²) < 4.78 is 12.7. The number of hydrogen-bond donors (Lipinski definition) is 0. The van der Waals surface area contributed by atoms with Crippen molar-refractivity contribution in [2.45, 2.75) is 38.5 Å². The highest BCUT2D eigenvalue weighted by atomic mass is 35.5. The number of halogens is 2. The number of fused-ring (bicyclic) bond motifs is 2. The predicted molar refractivity (Wildman–Crippen MR) is 137 cm³/mol. The van der Waals surface area contributed by atoms with Gasteiger partial charge in [0.25, 0.3) is 0 Å². The Kier molecular flexibility index (Phi) is 7.59. The van der Waals surface area contributed by atoms with Gasteiger partial charge >= 0.3 is 0 Å². The zero-order chi connectivity index (χ0) is 23.8. The molecule has 0 aliphatic carbocycles. The van der Waals surface area contributed by atoms with Crippen molar-refractivity contribution >= 4 is 29.9 Å². The first-order valence-electron chi connectivity index (χ1n) is 11.5. The average molecular weight is 517 g/mol. The van der Waals surface area contributed by atoms with Crippen molar-refractivity contribution < 1.29 is 14.3 Å². The molecule has 2 aliphatic rings. The number of aryl methyl sites for hydroxylation is 1. The maximum absolute atomic E-state index is 13.9. The molecule has 2 aliphatic heterocycles. The van der Waals surface area contributed by atoms with Crippen molar-refractivity contribution in [3.05, 3.63) is 75.6 Å². The molecule has 0 saturated carbocycles. The summed E-state index contributed by atoms with van der Waals surface area (Å²) in [5.74, 6) is 1.55. The lowest BCUT2D eigenvalue weighted by Crippen LogP contribution is -2.52. The molecular weight excluding hydrogens is 487 g/mol. The molecule has 1 amide bonds. The fourth-order valence-corrected chi connectivity index (χ4v) is 5.31. The Bertz CT molecular complexity index is 1230. The maximum Gasteiger partial charge on any atom is 0.240 e. The van der Waals surface area contributed by atoms with Gasteiger partial charge in [-0.05, 0) is 47.2 Å². The van der Waals surface area contributed by atoms with E-state index in [0.29, 0.717) is 43.4 Å². The van der Waals surface area contributed by atoms with Gasteiger partial charge < -0.3 is 14.4 Å². The standard InChI is InChI=1S/C26H29ClN4O3.ClH/c1-29-15-21(27)22(28-29)16-31-13-19-7-5-4-6-17(19)10-23(31)26(32)30-9-8-18-11-24(33-2)25(34-3)12-20(18)14-30;/h4-7,11-12,15,23H,8-10,13-14,16H2,1-3H3;1H/t23-;/m0./s1. The molecule has 2 aromatic carbocycles. The zero-order valence-corrected chi connectivity index (χ0v) is 21.7. The second-order valence-electron chi connectivity index (χ2n) is 8.98. The molecule has 1 aromatic heterocycles. The van der Waals surface area contributed by atoms with E-state index in [0.717, 1.165) is 23.4 Å². The van der Waals surface area contributed by atoms with Crippen LogP contribution in [0.1, 0.15) is 27.9 Å². The second kappa shape index (κ2) is 10.5. The topological polar surface area (TPSA) is 59.8 Å². The number of carbonyl (C=O) groups is 1. The molecule has 3 aromatic rings. The summed E-state index contributed by atoms with van der Waals surface area (Å²) >= 11 is 6.42. The van der Waals surface area contributed by atoms with Crippen molar-refractivity contribution in [3.8, 4) is 11.5 Å². The van der Waals surface area contributed by atoms with Crippen molar-refractivity contribution in [2.24, 2.45) is 7.05 Å². The molecule has 0 fully saturated rings. The lowest BCUT2D eigenvalue weighted by molar-refractivity contribution is -0.139. The highest BCUT2D eigenvalue weighted by molar-refractivity contribution is 6.31. The summed E-state index contributed by atoms with van der Waals surface area (Å²) in [5.41, 5.74) is 5.58. The van der Waals surface area contributed by atoms with Crippen molar-refractivity contribution in [1.82, 2.24) is 19.6 Å². The molecule has 0 unspecified atom stereocenters. The summed E-state index contributed by atoms with van der Waals surface area (Å²) in [5, 5.41) is 5.15. The van der Waals surface area contributed by atoms with Crippen LogP contribution in [0.15, 0.2) is 42.6 Å². The molecule has 1 atom stereocenters. The lowest BCUT2D eigenvalue weighted by Gasteiger charge is -2.39. The van der Waals surface area contributed by atoms with Crippen LogP contribution >= 0.6 is 24.0 Å². The number of carbonyl (C=O) groups excluding carboxylic acids is 1. The Labute approximate surface area is 217 Å². The molecule has 3 heterocycles. The van der Waals surface area contributed by atoms with Crippen molar-refractivity contribution in [1.29, 1.82) is 0 Å². The van der Waals surface area contributed by atoms with Gasteiger partial charge in [0, 0.05) is 39.4 Å². The first kappa shape index (κ1) is 25.4. The van der Waals surface area contributed by atoms with E-state index < -0.39 is 0 Å². The van der Waals surface area contributed by atoms with Gasteiger partial charge in [0.15, 0.2) is 11.5 Å². The third-order valence-electron chi connectivity index (χ3n) is 6.87. The number of amides is 1. The fourth-order valence-electron chi connectivity index (χ4n) is 5.07. The molecule has 186 valence electrons. The Morgan fingerprint density at radius 3 is 2.40 bits per heavy atom. The first-order chi connectivity index (χ1) is 16.5. The van der Waals surface area contributed by atoms with E-state index in [1.165, 1.54) is 16.7 Å². The minimum atomic E-state index is -0.269. The maximum atomic E-state index is 13.9. The minimum Gasteiger partial charge on any atom is -0.493 e. The van der Waals surface area contributed by atoms with Crippen LogP contribution in [0.5, 0.6) is 11.5 Å². The van der Waals surface area contributed by atoms with E-state index in [-0.39, 0.29) is 24.4 Å². The normalized spacial score (nSPS) is 17.3. The van der Waals surface area contributed by atoms with E-state index in [9.17, 15) is 4.79 Å². The molecule has 35 heavy (non-hydrogen) atoms. The third-order valence-corrected chi connectivity index (χ3v) is 7.18. The number of nitrogens with zero attached hydrogens (tertiary/aromatic N) is 4. The highest BCUT2D eigenvalue weighted by Gasteiger charge is 2.36. The van der Waals surface area contributed by atoms with E-state index >= 15 is 0 Å². The number of aromatic nitrogens is 2. The van der Waals surface area contributed by atoms with Crippen LogP contribution in [0, 0.1) is 0 Å². The number of methoxy groups -OCH3 is 2. The number of hydrogen-bond acceptors (Lipinski definition) is 5. The zero-order valence-electron chi connectivity index (χ0n) is 20.2. The van der Waals surface area contributed by atoms with Crippen LogP contribution in [0.25, 0.3) is 0 Å². The summed E-state index contributed by atoms with van der Waals surface area (Å²) in [4.78, 5) is 18.1. The molecule has 5 rings (SSSR count). The van der Waals surface area contributed by atoms with Crippen LogP contribution in [0.4, 0.5) is 0 Å². The van der Waals surface area contributed by atoms with Gasteiger partial charge in [-0.3, -0.25) is 14.4 Å². The molecular formula is C26H30Cl2N4O3. The minimum absolute atomic E-state index is 0. The van der Waals surface area contributed by atoms with Gasteiger partial charge in [-0.25, -0.2) is 0 Å². The molecule has 0 N–H and O–H groups in total. The van der Waals surface area contributed by atoms with Crippen LogP contribution in [-0.2, 0) is 44.3 Å². The molecule has 0 radical (unpaired) electrons. The molecule has 0 saturated heterocycles. The van der Waals surface area contributed by atoms with Crippen LogP contribution < -0.4 is 9.47 Å². The number of rotatable bonds is 5. The number of benzene rings is 2. The smallest absolute Gasteiger partial charge is 0.240 e. The summed E-state index contributed by atoms with van der Waals surface area (Å²) in [6, 6.07) is 12.1. The van der Waals surface area contributed by atoms with Gasteiger partial charge in [0.1, 0.15) is 0 Å². The Morgan fingerprint density at radius 2 is 1.74 bits per heavy atom. The SMILES string of the molecule is COc1cc2c(cc1OC)CN(C(=O)[C@@H]1Cc3ccccc3CN1Cc1nn(C)cc1Cl)CC2.Cl. The Morgan fingerprint density at radius 1 is 1.06 bits per heavy atom. The van der Waals surface area contributed by atoms with Crippen LogP contribution in [0.3, 0.4) is 0 Å². The van der Waals surface area contributed by atoms with Crippen LogP contribution in [-0.4, -0.2) is 52.3 Å². The fraction of sp³-hybridized carbons (Fsp3) is 0.385. The average Bonchev–Trinajstić information content (AvgIpc) is 3.17. The van der Waals surface area contributed by atoms with Gasteiger partial charge in [0.05, 0.1) is 31.0 Å². The summed E-state index contributed by atoms with van der Waals surface area (Å²) in [7, 11) is 5.14. The summed E-state index contributed by atoms with van der Waals surface area (Å²) in [6.07, 6.45) is 3.26. The van der Waals surface area contributed by atoms with Crippen molar-refractivity contribution in [3.63, 3.8) is 0 Å². The first-order valence-corrected chi connectivity index (χ1v) is 11.9.